The van der Waals surface area contributed by atoms with Crippen molar-refractivity contribution >= 4 is 16.9 Å². The van der Waals surface area contributed by atoms with Gasteiger partial charge in [-0.1, -0.05) is 12.1 Å². The number of hydrogen-bond acceptors (Lipinski definition) is 4. The van der Waals surface area contributed by atoms with Crippen LogP contribution in [0.25, 0.3) is 11.1 Å². The smallest absolute Gasteiger partial charge is 0.419 e. The Morgan fingerprint density at radius 1 is 1.20 bits per heavy atom. The summed E-state index contributed by atoms with van der Waals surface area (Å²) < 4.78 is 57.1. The average molecular weight is 348 g/mol. The van der Waals surface area contributed by atoms with Crippen molar-refractivity contribution in [2.45, 2.75) is 12.1 Å². The lowest BCUT2D eigenvalue weighted by Gasteiger charge is -2.10. The third kappa shape index (κ3) is 3.08. The predicted octanol–water partition coefficient (Wildman–Crippen LogP) is 4.48. The summed E-state index contributed by atoms with van der Waals surface area (Å²) in [5.74, 6) is -4.23. The fourth-order valence-electron chi connectivity index (χ4n) is 2.30. The minimum absolute atomic E-state index is 0.230. The fourth-order valence-corrected chi connectivity index (χ4v) is 2.30. The number of nitriles is 1. The van der Waals surface area contributed by atoms with Gasteiger partial charge in [0, 0.05) is 5.56 Å². The molecular weight excluding hydrogens is 340 g/mol. The van der Waals surface area contributed by atoms with Crippen LogP contribution in [0.2, 0.25) is 0 Å². The first kappa shape index (κ1) is 16.6. The maximum Gasteiger partial charge on any atom is 0.419 e. The lowest BCUT2D eigenvalue weighted by molar-refractivity contribution is -0.140. The summed E-state index contributed by atoms with van der Waals surface area (Å²) >= 11 is 0. The minimum atomic E-state index is -4.96. The van der Waals surface area contributed by atoms with E-state index in [1.54, 1.807) is 30.3 Å². The Bertz CT molecular complexity index is 969. The molecule has 3 rings (SSSR count). The van der Waals surface area contributed by atoms with Gasteiger partial charge in [-0.05, 0) is 30.3 Å². The molecule has 0 radical (unpaired) electrons. The molecule has 1 aromatic heterocycles. The number of ketones is 1. The third-order valence-corrected chi connectivity index (χ3v) is 3.50. The number of halogens is 4. The Morgan fingerprint density at radius 2 is 1.92 bits per heavy atom. The van der Waals surface area contributed by atoms with Gasteiger partial charge in [0.25, 0.3) is 0 Å². The number of para-hydroxylation sites is 2. The number of carbonyl (C=O) groups excluding carboxylic acids is 1. The molecule has 126 valence electrons. The maximum atomic E-state index is 13.3. The summed E-state index contributed by atoms with van der Waals surface area (Å²) in [6.07, 6.45) is -4.96. The van der Waals surface area contributed by atoms with Crippen molar-refractivity contribution in [2.75, 3.05) is 0 Å². The Kier molecular flexibility index (Phi) is 4.00. The number of Topliss-reactive ketones (excluding diaryl/α,β-unsaturated/α-hetero) is 1. The quantitative estimate of drug-likeness (QED) is 0.517. The molecule has 8 heteroatoms. The van der Waals surface area contributed by atoms with Crippen molar-refractivity contribution < 1.29 is 26.8 Å². The molecule has 0 amide bonds. The molecule has 0 spiro atoms. The van der Waals surface area contributed by atoms with Gasteiger partial charge >= 0.3 is 6.18 Å². The van der Waals surface area contributed by atoms with Crippen LogP contribution in [-0.4, -0.2) is 10.8 Å². The SMILES string of the molecule is N#CC(C(=O)c1ccc(F)c(C(F)(F)F)c1)c1nc2ccccc2o1. The number of carbonyl (C=O) groups is 1. The maximum absolute atomic E-state index is 13.3. The minimum Gasteiger partial charge on any atom is -0.439 e. The van der Waals surface area contributed by atoms with E-state index in [1.165, 1.54) is 0 Å². The highest BCUT2D eigenvalue weighted by Crippen LogP contribution is 2.33. The van der Waals surface area contributed by atoms with Gasteiger partial charge in [0.15, 0.2) is 17.3 Å². The predicted molar refractivity (Wildman–Crippen MR) is 78.1 cm³/mol. The van der Waals surface area contributed by atoms with Crippen molar-refractivity contribution in [2.24, 2.45) is 0 Å². The zero-order valence-electron chi connectivity index (χ0n) is 12.3. The van der Waals surface area contributed by atoms with Crippen LogP contribution in [-0.2, 0) is 6.18 Å². The molecule has 0 N–H and O–H groups in total. The monoisotopic (exact) mass is 348 g/mol. The van der Waals surface area contributed by atoms with E-state index in [-0.39, 0.29) is 5.89 Å². The van der Waals surface area contributed by atoms with Crippen LogP contribution in [0, 0.1) is 17.1 Å². The number of rotatable bonds is 3. The first-order valence-electron chi connectivity index (χ1n) is 6.97. The van der Waals surface area contributed by atoms with Gasteiger partial charge in [0.2, 0.25) is 5.89 Å². The van der Waals surface area contributed by atoms with Gasteiger partial charge in [-0.25, -0.2) is 9.37 Å². The Hall–Kier alpha value is -3.21. The molecule has 4 nitrogen and oxygen atoms in total. The van der Waals surface area contributed by atoms with Gasteiger partial charge in [-0.2, -0.15) is 18.4 Å². The van der Waals surface area contributed by atoms with Crippen LogP contribution in [0.3, 0.4) is 0 Å². The van der Waals surface area contributed by atoms with Gasteiger partial charge in [-0.3, -0.25) is 4.79 Å². The molecule has 0 aliphatic rings. The number of nitrogens with zero attached hydrogens (tertiary/aromatic N) is 2. The lowest BCUT2D eigenvalue weighted by Crippen LogP contribution is -2.15. The standard InChI is InChI=1S/C17H8F4N2O2/c18-12-6-5-9(7-11(12)17(19,20)21)15(24)10(8-22)16-23-13-3-1-2-4-14(13)25-16/h1-7,10H. The zero-order valence-corrected chi connectivity index (χ0v) is 12.3. The van der Waals surface area contributed by atoms with Gasteiger partial charge < -0.3 is 4.42 Å². The van der Waals surface area contributed by atoms with E-state index in [1.807, 2.05) is 0 Å². The van der Waals surface area contributed by atoms with Crippen LogP contribution >= 0.6 is 0 Å². The van der Waals surface area contributed by atoms with E-state index in [0.29, 0.717) is 23.2 Å². The largest absolute Gasteiger partial charge is 0.439 e. The van der Waals surface area contributed by atoms with Crippen LogP contribution in [0.4, 0.5) is 17.6 Å². The summed E-state index contributed by atoms with van der Waals surface area (Å²) in [7, 11) is 0. The highest BCUT2D eigenvalue weighted by Gasteiger charge is 2.36. The number of alkyl halides is 3. The zero-order chi connectivity index (χ0) is 18.2. The molecule has 1 heterocycles. The van der Waals surface area contributed by atoms with Crippen molar-refractivity contribution in [3.63, 3.8) is 0 Å². The van der Waals surface area contributed by atoms with Crippen LogP contribution in [0.5, 0.6) is 0 Å². The topological polar surface area (TPSA) is 66.9 Å². The van der Waals surface area contributed by atoms with Gasteiger partial charge in [-0.15, -0.1) is 0 Å². The molecular formula is C17H8F4N2O2. The second-order valence-electron chi connectivity index (χ2n) is 5.14. The first-order valence-corrected chi connectivity index (χ1v) is 6.97. The third-order valence-electron chi connectivity index (χ3n) is 3.50. The van der Waals surface area contributed by atoms with E-state index in [9.17, 15) is 27.6 Å². The second kappa shape index (κ2) is 6.02. The summed E-state index contributed by atoms with van der Waals surface area (Å²) in [6.45, 7) is 0. The fraction of sp³-hybridized carbons (Fsp3) is 0.118. The molecule has 0 aliphatic carbocycles. The lowest BCUT2D eigenvalue weighted by atomic mass is 9.97. The molecule has 2 aromatic carbocycles. The van der Waals surface area contributed by atoms with E-state index in [0.717, 1.165) is 6.07 Å². The van der Waals surface area contributed by atoms with E-state index in [2.05, 4.69) is 4.98 Å². The Morgan fingerprint density at radius 3 is 2.56 bits per heavy atom. The first-order chi connectivity index (χ1) is 11.8. The van der Waals surface area contributed by atoms with E-state index >= 15 is 0 Å². The molecule has 0 saturated heterocycles. The highest BCUT2D eigenvalue weighted by molar-refractivity contribution is 6.02. The molecule has 3 aromatic rings. The highest BCUT2D eigenvalue weighted by atomic mass is 19.4. The molecule has 0 aliphatic heterocycles. The molecule has 0 bridgehead atoms. The summed E-state index contributed by atoms with van der Waals surface area (Å²) in [4.78, 5) is 16.4. The van der Waals surface area contributed by atoms with Crippen LogP contribution in [0.15, 0.2) is 46.9 Å². The average Bonchev–Trinajstić information content (AvgIpc) is 2.98. The molecule has 25 heavy (non-hydrogen) atoms. The van der Waals surface area contributed by atoms with E-state index < -0.39 is 34.8 Å². The number of oxazole rings is 1. The molecule has 1 unspecified atom stereocenters. The number of aromatic nitrogens is 1. The van der Waals surface area contributed by atoms with Crippen molar-refractivity contribution in [3.8, 4) is 6.07 Å². The van der Waals surface area contributed by atoms with Crippen LogP contribution in [0.1, 0.15) is 27.7 Å². The number of fused-ring (bicyclic) bond motifs is 1. The van der Waals surface area contributed by atoms with Crippen LogP contribution < -0.4 is 0 Å². The molecule has 0 fully saturated rings. The second-order valence-corrected chi connectivity index (χ2v) is 5.14. The van der Waals surface area contributed by atoms with E-state index in [4.69, 9.17) is 4.42 Å². The van der Waals surface area contributed by atoms with Gasteiger partial charge in [0.1, 0.15) is 11.3 Å². The number of hydrogen-bond donors (Lipinski definition) is 0. The number of benzene rings is 2. The van der Waals surface area contributed by atoms with Crippen molar-refractivity contribution in [1.29, 1.82) is 5.26 Å². The van der Waals surface area contributed by atoms with Crippen molar-refractivity contribution in [3.05, 3.63) is 65.3 Å². The normalized spacial score (nSPS) is 12.8. The summed E-state index contributed by atoms with van der Waals surface area (Å²) in [5.41, 5.74) is -1.29. The Balaban J connectivity index is 2.02. The van der Waals surface area contributed by atoms with Crippen molar-refractivity contribution in [1.82, 2.24) is 4.98 Å². The summed E-state index contributed by atoms with van der Waals surface area (Å²) in [5, 5.41) is 9.25. The Labute approximate surface area is 138 Å². The molecule has 0 saturated carbocycles. The van der Waals surface area contributed by atoms with Gasteiger partial charge in [0.05, 0.1) is 11.6 Å². The molecule has 1 atom stereocenters. The summed E-state index contributed by atoms with van der Waals surface area (Å²) in [6, 6.07) is 9.98.